The van der Waals surface area contributed by atoms with E-state index in [1.165, 1.54) is 13.0 Å². The fourth-order valence-electron chi connectivity index (χ4n) is 3.61. The average molecular weight is 424 g/mol. The van der Waals surface area contributed by atoms with Crippen molar-refractivity contribution in [2.45, 2.75) is 24.9 Å². The van der Waals surface area contributed by atoms with E-state index in [9.17, 15) is 19.5 Å². The van der Waals surface area contributed by atoms with Crippen LogP contribution >= 0.6 is 0 Å². The minimum absolute atomic E-state index is 0.0178. The Bertz CT molecular complexity index is 944. The first-order chi connectivity index (χ1) is 14.9. The van der Waals surface area contributed by atoms with Gasteiger partial charge in [0, 0.05) is 5.92 Å². The molecule has 3 rings (SSSR count). The first-order valence-electron chi connectivity index (χ1n) is 9.81. The highest BCUT2D eigenvalue weighted by molar-refractivity contribution is 5.82. The van der Waals surface area contributed by atoms with Crippen molar-refractivity contribution in [3.05, 3.63) is 72.3 Å². The fourth-order valence-corrected chi connectivity index (χ4v) is 3.61. The van der Waals surface area contributed by atoms with Crippen LogP contribution in [0.2, 0.25) is 0 Å². The number of carboxylic acids is 1. The van der Waals surface area contributed by atoms with Crippen molar-refractivity contribution < 1.29 is 29.0 Å². The number of nitrogens with one attached hydrogen (secondary N) is 2. The van der Waals surface area contributed by atoms with Gasteiger partial charge in [0.2, 0.25) is 0 Å². The first kappa shape index (κ1) is 21.9. The molecular formula is C23H24N2O6. The van der Waals surface area contributed by atoms with E-state index in [4.69, 9.17) is 9.47 Å². The molecule has 0 heterocycles. The van der Waals surface area contributed by atoms with Gasteiger partial charge in [0.15, 0.2) is 0 Å². The van der Waals surface area contributed by atoms with E-state index in [-0.39, 0.29) is 19.1 Å². The van der Waals surface area contributed by atoms with Gasteiger partial charge in [-0.3, -0.25) is 0 Å². The monoisotopic (exact) mass is 424 g/mol. The Morgan fingerprint density at radius 1 is 1.00 bits per heavy atom. The summed E-state index contributed by atoms with van der Waals surface area (Å²) in [4.78, 5) is 35.6. The number of carboxylic acid groups (broad SMARTS) is 1. The third kappa shape index (κ3) is 5.03. The van der Waals surface area contributed by atoms with Gasteiger partial charge < -0.3 is 25.2 Å². The van der Waals surface area contributed by atoms with E-state index in [2.05, 4.69) is 17.2 Å². The molecule has 8 nitrogen and oxygen atoms in total. The molecule has 31 heavy (non-hydrogen) atoms. The van der Waals surface area contributed by atoms with Crippen LogP contribution in [0.3, 0.4) is 0 Å². The largest absolute Gasteiger partial charge is 0.480 e. The number of fused-ring (bicyclic) bond motifs is 3. The molecule has 2 atom stereocenters. The van der Waals surface area contributed by atoms with Crippen LogP contribution in [0.1, 0.15) is 24.0 Å². The second-order valence-electron chi connectivity index (χ2n) is 7.11. The van der Waals surface area contributed by atoms with Crippen LogP contribution in [0.15, 0.2) is 61.2 Å². The van der Waals surface area contributed by atoms with Gasteiger partial charge in [-0.2, -0.15) is 0 Å². The van der Waals surface area contributed by atoms with Crippen LogP contribution in [0.25, 0.3) is 11.1 Å². The highest BCUT2D eigenvalue weighted by Gasteiger charge is 2.31. The van der Waals surface area contributed by atoms with E-state index in [0.717, 1.165) is 22.3 Å². The quantitative estimate of drug-likeness (QED) is 0.561. The molecule has 162 valence electrons. The van der Waals surface area contributed by atoms with E-state index >= 15 is 0 Å². The predicted octanol–water partition coefficient (Wildman–Crippen LogP) is 3.28. The van der Waals surface area contributed by atoms with Gasteiger partial charge in [0.1, 0.15) is 19.3 Å². The lowest BCUT2D eigenvalue weighted by atomic mass is 9.98. The zero-order chi connectivity index (χ0) is 22.4. The zero-order valence-electron chi connectivity index (χ0n) is 17.0. The summed E-state index contributed by atoms with van der Waals surface area (Å²) in [5, 5.41) is 14.1. The molecular weight excluding hydrogens is 400 g/mol. The number of rotatable bonds is 8. The Hall–Kier alpha value is -3.81. The average Bonchev–Trinajstić information content (AvgIpc) is 3.08. The topological polar surface area (TPSA) is 114 Å². The minimum Gasteiger partial charge on any atom is -0.480 e. The van der Waals surface area contributed by atoms with Gasteiger partial charge in [-0.05, 0) is 29.2 Å². The molecule has 0 saturated carbocycles. The minimum atomic E-state index is -1.40. The molecule has 2 unspecified atom stereocenters. The molecule has 2 aromatic rings. The highest BCUT2D eigenvalue weighted by Crippen LogP contribution is 2.44. The number of alkyl carbamates (subject to hydrolysis) is 2. The molecule has 0 aliphatic heterocycles. The van der Waals surface area contributed by atoms with E-state index in [0.29, 0.717) is 0 Å². The molecule has 2 aromatic carbocycles. The van der Waals surface area contributed by atoms with Crippen molar-refractivity contribution >= 4 is 18.2 Å². The number of carbonyl (C=O) groups excluding carboxylic acids is 2. The van der Waals surface area contributed by atoms with Gasteiger partial charge in [-0.25, -0.2) is 14.4 Å². The van der Waals surface area contributed by atoms with Gasteiger partial charge in [0.25, 0.3) is 0 Å². The van der Waals surface area contributed by atoms with Crippen molar-refractivity contribution in [3.8, 4) is 11.1 Å². The van der Waals surface area contributed by atoms with Crippen LogP contribution in [0, 0.1) is 0 Å². The summed E-state index contributed by atoms with van der Waals surface area (Å²) in [6.45, 7) is 4.90. The number of benzene rings is 2. The third-order valence-electron chi connectivity index (χ3n) is 5.06. The number of aliphatic carboxylic acids is 1. The molecule has 0 aromatic heterocycles. The zero-order valence-corrected chi connectivity index (χ0v) is 17.0. The second-order valence-corrected chi connectivity index (χ2v) is 7.11. The number of hydrogen-bond acceptors (Lipinski definition) is 5. The Labute approximate surface area is 179 Å². The van der Waals surface area contributed by atoms with Gasteiger partial charge in [0.05, 0.1) is 6.04 Å². The molecule has 0 bridgehead atoms. The lowest BCUT2D eigenvalue weighted by Crippen LogP contribution is -2.54. The molecule has 1 aliphatic rings. The summed E-state index contributed by atoms with van der Waals surface area (Å²) in [6, 6.07) is 13.5. The van der Waals surface area contributed by atoms with Crippen LogP contribution in [-0.2, 0) is 14.3 Å². The Kier molecular flexibility index (Phi) is 6.92. The van der Waals surface area contributed by atoms with Crippen molar-refractivity contribution in [2.24, 2.45) is 0 Å². The molecule has 3 N–H and O–H groups in total. The summed E-state index contributed by atoms with van der Waals surface area (Å²) in [7, 11) is 0. The van der Waals surface area contributed by atoms with Crippen molar-refractivity contribution in [1.82, 2.24) is 10.6 Å². The molecule has 2 amide bonds. The molecule has 0 fully saturated rings. The summed E-state index contributed by atoms with van der Waals surface area (Å²) >= 11 is 0. The predicted molar refractivity (Wildman–Crippen MR) is 114 cm³/mol. The molecule has 0 saturated heterocycles. The molecule has 8 heteroatoms. The standard InChI is InChI=1S/C23H24N2O6/c1-3-12-30-22(28)24-14(2)20(21(26)27)25-23(29)31-13-19-17-10-6-4-8-15(17)16-9-5-7-11-18(16)19/h3-11,14,19-20H,1,12-13H2,2H3,(H,24,28)(H,25,29)(H,26,27). The van der Waals surface area contributed by atoms with Crippen LogP contribution in [-0.4, -0.2) is 48.6 Å². The van der Waals surface area contributed by atoms with E-state index in [1.807, 2.05) is 48.5 Å². The second kappa shape index (κ2) is 9.80. The van der Waals surface area contributed by atoms with Crippen LogP contribution in [0.4, 0.5) is 9.59 Å². The van der Waals surface area contributed by atoms with Gasteiger partial charge in [-0.15, -0.1) is 0 Å². The van der Waals surface area contributed by atoms with E-state index in [1.54, 1.807) is 0 Å². The Morgan fingerprint density at radius 2 is 1.55 bits per heavy atom. The smallest absolute Gasteiger partial charge is 0.407 e. The number of amides is 2. The Morgan fingerprint density at radius 3 is 2.10 bits per heavy atom. The van der Waals surface area contributed by atoms with E-state index < -0.39 is 30.2 Å². The van der Waals surface area contributed by atoms with Crippen molar-refractivity contribution in [3.63, 3.8) is 0 Å². The lowest BCUT2D eigenvalue weighted by molar-refractivity contribution is -0.139. The molecule has 0 spiro atoms. The van der Waals surface area contributed by atoms with Gasteiger partial charge >= 0.3 is 18.2 Å². The summed E-state index contributed by atoms with van der Waals surface area (Å²) in [6.07, 6.45) is -0.316. The van der Waals surface area contributed by atoms with Crippen LogP contribution < -0.4 is 10.6 Å². The summed E-state index contributed by atoms with van der Waals surface area (Å²) in [5.74, 6) is -1.46. The number of carbonyl (C=O) groups is 3. The van der Waals surface area contributed by atoms with Crippen molar-refractivity contribution in [2.75, 3.05) is 13.2 Å². The summed E-state index contributed by atoms with van der Waals surface area (Å²) < 4.78 is 10.1. The lowest BCUT2D eigenvalue weighted by Gasteiger charge is -2.22. The van der Waals surface area contributed by atoms with Gasteiger partial charge in [-0.1, -0.05) is 61.2 Å². The van der Waals surface area contributed by atoms with Crippen LogP contribution in [0.5, 0.6) is 0 Å². The highest BCUT2D eigenvalue weighted by atomic mass is 16.6. The number of hydrogen-bond donors (Lipinski definition) is 3. The Balaban J connectivity index is 1.63. The third-order valence-corrected chi connectivity index (χ3v) is 5.06. The maximum atomic E-state index is 12.3. The first-order valence-corrected chi connectivity index (χ1v) is 9.81. The normalized spacial score (nSPS) is 13.8. The summed E-state index contributed by atoms with van der Waals surface area (Å²) in [5.41, 5.74) is 4.27. The maximum Gasteiger partial charge on any atom is 0.407 e. The molecule has 1 aliphatic carbocycles. The number of ether oxygens (including phenoxy) is 2. The fraction of sp³-hybridized carbons (Fsp3) is 0.261. The molecule has 0 radical (unpaired) electrons. The van der Waals surface area contributed by atoms with Crippen molar-refractivity contribution in [1.29, 1.82) is 0 Å². The maximum absolute atomic E-state index is 12.3. The SMILES string of the molecule is C=CCOC(=O)NC(C)C(NC(=O)OCC1c2ccccc2-c2ccccc21)C(=O)O.